The summed E-state index contributed by atoms with van der Waals surface area (Å²) in [5.41, 5.74) is 7.99. The molecule has 0 aromatic heterocycles. The third-order valence-electron chi connectivity index (χ3n) is 5.90. The number of carbonyl (C=O) groups excluding carboxylic acids is 1. The molecule has 1 heteroatoms. The standard InChI is InChI=1S/C33H44O/c1-26(16-11-18-28(3)21-23-31(6)34)14-9-10-15-27(2)17-12-19-29(4)22-24-32-30(5)20-13-25-33(32,7)8/h9-12,14-19,21-24H,13,20,25H2,1-8H3/b10-9?,16-11?,17-12?,23-21+,24-22?,26-14?,27-15?,28-18?,29-19?. The van der Waals surface area contributed by atoms with E-state index in [1.807, 2.05) is 25.2 Å². The first-order chi connectivity index (χ1) is 16.0. The Morgan fingerprint density at radius 1 is 0.676 bits per heavy atom. The van der Waals surface area contributed by atoms with Crippen molar-refractivity contribution < 1.29 is 4.79 Å². The first-order valence-electron chi connectivity index (χ1n) is 12.3. The molecule has 0 saturated carbocycles. The maximum absolute atomic E-state index is 11.0. The molecule has 1 aliphatic rings. The Morgan fingerprint density at radius 2 is 1.15 bits per heavy atom. The Kier molecular flexibility index (Phi) is 12.9. The van der Waals surface area contributed by atoms with Crippen LogP contribution < -0.4 is 0 Å². The fourth-order valence-corrected chi connectivity index (χ4v) is 3.81. The lowest BCUT2D eigenvalue weighted by Crippen LogP contribution is -2.19. The average molecular weight is 457 g/mol. The number of rotatable bonds is 10. The Labute approximate surface area is 209 Å². The van der Waals surface area contributed by atoms with Gasteiger partial charge in [-0.25, -0.2) is 0 Å². The van der Waals surface area contributed by atoms with E-state index >= 15 is 0 Å². The minimum atomic E-state index is 0.0610. The van der Waals surface area contributed by atoms with E-state index in [1.54, 1.807) is 13.0 Å². The van der Waals surface area contributed by atoms with Crippen LogP contribution in [0.5, 0.6) is 0 Å². The van der Waals surface area contributed by atoms with Crippen molar-refractivity contribution in [3.05, 3.63) is 119 Å². The van der Waals surface area contributed by atoms with Crippen molar-refractivity contribution in [3.8, 4) is 0 Å². The predicted octanol–water partition coefficient (Wildman–Crippen LogP) is 9.67. The second-order valence-corrected chi connectivity index (χ2v) is 9.95. The molecule has 0 amide bonds. The molecule has 0 aliphatic heterocycles. The second kappa shape index (κ2) is 15.1. The van der Waals surface area contributed by atoms with Crippen molar-refractivity contribution in [2.45, 2.75) is 74.7 Å². The smallest absolute Gasteiger partial charge is 0.152 e. The highest BCUT2D eigenvalue weighted by atomic mass is 16.1. The highest BCUT2D eigenvalue weighted by Gasteiger charge is 2.26. The highest BCUT2D eigenvalue weighted by molar-refractivity contribution is 5.87. The summed E-state index contributed by atoms with van der Waals surface area (Å²) in [6.07, 6.45) is 32.5. The monoisotopic (exact) mass is 456 g/mol. The van der Waals surface area contributed by atoms with E-state index in [0.29, 0.717) is 0 Å². The first kappa shape index (κ1) is 29.1. The van der Waals surface area contributed by atoms with Crippen LogP contribution >= 0.6 is 0 Å². The molecule has 1 nitrogen and oxygen atoms in total. The van der Waals surface area contributed by atoms with Gasteiger partial charge in [0, 0.05) is 0 Å². The van der Waals surface area contributed by atoms with E-state index in [1.165, 1.54) is 41.6 Å². The molecule has 0 aromatic carbocycles. The molecule has 182 valence electrons. The third kappa shape index (κ3) is 12.3. The molecule has 1 rings (SSSR count). The molecule has 0 atom stereocenters. The molecule has 0 spiro atoms. The molecular formula is C33H44O. The van der Waals surface area contributed by atoms with Gasteiger partial charge >= 0.3 is 0 Å². The summed E-state index contributed by atoms with van der Waals surface area (Å²) < 4.78 is 0. The summed E-state index contributed by atoms with van der Waals surface area (Å²) in [5.74, 6) is 0.0610. The highest BCUT2D eigenvalue weighted by Crippen LogP contribution is 2.40. The van der Waals surface area contributed by atoms with Gasteiger partial charge in [0.15, 0.2) is 5.78 Å². The van der Waals surface area contributed by atoms with Gasteiger partial charge in [0.25, 0.3) is 0 Å². The van der Waals surface area contributed by atoms with Crippen LogP contribution in [0.1, 0.15) is 74.7 Å². The van der Waals surface area contributed by atoms with Crippen LogP contribution in [0.15, 0.2) is 119 Å². The topological polar surface area (TPSA) is 17.1 Å². The lowest BCUT2D eigenvalue weighted by atomic mass is 9.72. The lowest BCUT2D eigenvalue weighted by molar-refractivity contribution is -0.112. The van der Waals surface area contributed by atoms with E-state index in [-0.39, 0.29) is 11.2 Å². The van der Waals surface area contributed by atoms with Crippen LogP contribution in [-0.2, 0) is 4.79 Å². The molecule has 0 radical (unpaired) electrons. The first-order valence-corrected chi connectivity index (χ1v) is 12.3. The van der Waals surface area contributed by atoms with Crippen LogP contribution in [0.4, 0.5) is 0 Å². The van der Waals surface area contributed by atoms with Crippen LogP contribution in [-0.4, -0.2) is 5.78 Å². The zero-order valence-corrected chi connectivity index (χ0v) is 22.6. The quantitative estimate of drug-likeness (QED) is 0.236. The molecule has 0 heterocycles. The number of allylic oxidation sites excluding steroid dienone is 20. The van der Waals surface area contributed by atoms with Gasteiger partial charge in [-0.05, 0) is 77.9 Å². The normalized spacial score (nSPS) is 19.2. The van der Waals surface area contributed by atoms with E-state index < -0.39 is 0 Å². The zero-order valence-electron chi connectivity index (χ0n) is 22.6. The summed E-state index contributed by atoms with van der Waals surface area (Å²) in [4.78, 5) is 11.0. The van der Waals surface area contributed by atoms with E-state index in [9.17, 15) is 4.79 Å². The third-order valence-corrected chi connectivity index (χ3v) is 5.90. The molecule has 0 bridgehead atoms. The molecule has 1 aliphatic carbocycles. The number of hydrogen-bond donors (Lipinski definition) is 0. The van der Waals surface area contributed by atoms with Crippen LogP contribution in [0, 0.1) is 5.41 Å². The van der Waals surface area contributed by atoms with Crippen molar-refractivity contribution in [3.63, 3.8) is 0 Å². The zero-order chi connectivity index (χ0) is 25.6. The van der Waals surface area contributed by atoms with Gasteiger partial charge in [-0.3, -0.25) is 4.79 Å². The van der Waals surface area contributed by atoms with Crippen molar-refractivity contribution >= 4 is 5.78 Å². The van der Waals surface area contributed by atoms with E-state index in [4.69, 9.17) is 0 Å². The summed E-state index contributed by atoms with van der Waals surface area (Å²) in [5, 5.41) is 0. The maximum atomic E-state index is 11.0. The van der Waals surface area contributed by atoms with Gasteiger partial charge in [-0.2, -0.15) is 0 Å². The van der Waals surface area contributed by atoms with E-state index in [2.05, 4.69) is 102 Å². The van der Waals surface area contributed by atoms with Gasteiger partial charge in [0.05, 0.1) is 0 Å². The maximum Gasteiger partial charge on any atom is 0.152 e. The summed E-state index contributed by atoms with van der Waals surface area (Å²) in [7, 11) is 0. The molecule has 0 fully saturated rings. The number of hydrogen-bond acceptors (Lipinski definition) is 1. The summed E-state index contributed by atoms with van der Waals surface area (Å²) >= 11 is 0. The van der Waals surface area contributed by atoms with Gasteiger partial charge in [-0.1, -0.05) is 121 Å². The fourth-order valence-electron chi connectivity index (χ4n) is 3.81. The summed E-state index contributed by atoms with van der Waals surface area (Å²) in [6, 6.07) is 0. The van der Waals surface area contributed by atoms with Gasteiger partial charge in [-0.15, -0.1) is 0 Å². The SMILES string of the molecule is CC(=O)/C=C/C(C)=CC=CC(C)=CC=CC=C(C)C=CC=C(C)C=CC1=C(C)CCCC1(C)C. The molecule has 34 heavy (non-hydrogen) atoms. The Hall–Kier alpha value is -2.93. The molecule has 0 saturated heterocycles. The van der Waals surface area contributed by atoms with Gasteiger partial charge in [0.2, 0.25) is 0 Å². The molecular weight excluding hydrogens is 412 g/mol. The Morgan fingerprint density at radius 3 is 1.65 bits per heavy atom. The lowest BCUT2D eigenvalue weighted by Gasteiger charge is -2.32. The van der Waals surface area contributed by atoms with Crippen molar-refractivity contribution in [1.29, 1.82) is 0 Å². The van der Waals surface area contributed by atoms with Crippen molar-refractivity contribution in [1.82, 2.24) is 0 Å². The molecule has 0 aromatic rings. The van der Waals surface area contributed by atoms with Crippen molar-refractivity contribution in [2.75, 3.05) is 0 Å². The largest absolute Gasteiger partial charge is 0.295 e. The van der Waals surface area contributed by atoms with E-state index in [0.717, 1.165) is 11.1 Å². The molecule has 0 unspecified atom stereocenters. The number of carbonyl (C=O) groups is 1. The van der Waals surface area contributed by atoms with Crippen LogP contribution in [0.25, 0.3) is 0 Å². The van der Waals surface area contributed by atoms with Gasteiger partial charge < -0.3 is 0 Å². The van der Waals surface area contributed by atoms with Crippen LogP contribution in [0.3, 0.4) is 0 Å². The van der Waals surface area contributed by atoms with Crippen LogP contribution in [0.2, 0.25) is 0 Å². The number of ketones is 1. The predicted molar refractivity (Wildman–Crippen MR) is 152 cm³/mol. The molecule has 0 N–H and O–H groups in total. The Balaban J connectivity index is 2.63. The average Bonchev–Trinajstić information content (AvgIpc) is 2.74. The minimum absolute atomic E-state index is 0.0610. The summed E-state index contributed by atoms with van der Waals surface area (Å²) in [6.45, 7) is 16.9. The fraction of sp³-hybridized carbons (Fsp3) is 0.364. The second-order valence-electron chi connectivity index (χ2n) is 9.95. The van der Waals surface area contributed by atoms with Gasteiger partial charge in [0.1, 0.15) is 0 Å². The minimum Gasteiger partial charge on any atom is -0.295 e. The Bertz CT molecular complexity index is 1000. The van der Waals surface area contributed by atoms with Crippen molar-refractivity contribution in [2.24, 2.45) is 5.41 Å².